The second-order valence-electron chi connectivity index (χ2n) is 7.96. The van der Waals surface area contributed by atoms with Crippen LogP contribution in [-0.2, 0) is 0 Å². The zero-order valence-electron chi connectivity index (χ0n) is 13.7. The van der Waals surface area contributed by atoms with Crippen molar-refractivity contribution in [1.29, 1.82) is 0 Å². The van der Waals surface area contributed by atoms with E-state index in [1.165, 1.54) is 25.1 Å². The molecular formula is C18H25N3OS. The number of fused-ring (bicyclic) bond motifs is 1. The zero-order valence-corrected chi connectivity index (χ0v) is 14.5. The predicted octanol–water partition coefficient (Wildman–Crippen LogP) is 2.88. The number of hydrogen-bond donors (Lipinski definition) is 2. The maximum absolute atomic E-state index is 9.73. The Bertz CT molecular complexity index is 620. The molecular weight excluding hydrogens is 306 g/mol. The summed E-state index contributed by atoms with van der Waals surface area (Å²) in [5.41, 5.74) is 1.77. The summed E-state index contributed by atoms with van der Waals surface area (Å²) in [5, 5.41) is 13.8. The average Bonchev–Trinajstić information content (AvgIpc) is 3.09. The molecule has 0 aromatic rings. The van der Waals surface area contributed by atoms with Crippen LogP contribution in [0.5, 0.6) is 0 Å². The van der Waals surface area contributed by atoms with Gasteiger partial charge >= 0.3 is 0 Å². The number of rotatable bonds is 1. The number of nitrogens with zero attached hydrogens (tertiary/aromatic N) is 2. The van der Waals surface area contributed by atoms with Crippen LogP contribution in [0.15, 0.2) is 20.5 Å². The highest BCUT2D eigenvalue weighted by atomic mass is 32.2. The topological polar surface area (TPSA) is 57.0 Å². The molecule has 1 spiro atoms. The van der Waals surface area contributed by atoms with Crippen molar-refractivity contribution in [3.8, 4) is 0 Å². The van der Waals surface area contributed by atoms with Gasteiger partial charge in [-0.15, -0.1) is 11.8 Å². The molecule has 0 aromatic carbocycles. The van der Waals surface area contributed by atoms with Crippen molar-refractivity contribution in [2.75, 3.05) is 0 Å². The lowest BCUT2D eigenvalue weighted by Gasteiger charge is -2.31. The summed E-state index contributed by atoms with van der Waals surface area (Å²) in [5.74, 6) is 1.98. The van der Waals surface area contributed by atoms with E-state index in [4.69, 9.17) is 9.98 Å². The van der Waals surface area contributed by atoms with Gasteiger partial charge in [0.05, 0.1) is 35.2 Å². The molecule has 23 heavy (non-hydrogen) atoms. The second kappa shape index (κ2) is 5.09. The van der Waals surface area contributed by atoms with Gasteiger partial charge in [0.1, 0.15) is 5.84 Å². The summed E-state index contributed by atoms with van der Waals surface area (Å²) >= 11 is 2.09. The van der Waals surface area contributed by atoms with E-state index in [0.29, 0.717) is 17.3 Å². The quantitative estimate of drug-likeness (QED) is 0.777. The molecule has 0 aromatic heterocycles. The van der Waals surface area contributed by atoms with E-state index in [1.54, 1.807) is 10.5 Å². The molecule has 2 saturated carbocycles. The lowest BCUT2D eigenvalue weighted by atomic mass is 9.80. The van der Waals surface area contributed by atoms with Crippen LogP contribution in [-0.4, -0.2) is 40.7 Å². The third kappa shape index (κ3) is 2.02. The Balaban J connectivity index is 1.48. The number of aliphatic hydroxyl groups excluding tert-OH is 1. The number of aliphatic hydroxyl groups is 1. The lowest BCUT2D eigenvalue weighted by Crippen LogP contribution is -2.40. The molecule has 5 heteroatoms. The number of allylic oxidation sites excluding steroid dienone is 1. The predicted molar refractivity (Wildman–Crippen MR) is 95.0 cm³/mol. The Morgan fingerprint density at radius 2 is 2.13 bits per heavy atom. The summed E-state index contributed by atoms with van der Waals surface area (Å²) in [6.07, 6.45) is 9.43. The van der Waals surface area contributed by atoms with E-state index in [9.17, 15) is 5.11 Å². The van der Waals surface area contributed by atoms with Crippen molar-refractivity contribution in [3.63, 3.8) is 0 Å². The van der Waals surface area contributed by atoms with E-state index in [-0.39, 0.29) is 11.5 Å². The van der Waals surface area contributed by atoms with Gasteiger partial charge in [0.25, 0.3) is 0 Å². The Kier molecular flexibility index (Phi) is 3.22. The third-order valence-electron chi connectivity index (χ3n) is 6.42. The van der Waals surface area contributed by atoms with Crippen LogP contribution < -0.4 is 5.32 Å². The molecule has 2 fully saturated rings. The van der Waals surface area contributed by atoms with E-state index >= 15 is 0 Å². The zero-order chi connectivity index (χ0) is 15.6. The van der Waals surface area contributed by atoms with Crippen molar-refractivity contribution in [2.24, 2.45) is 21.3 Å². The molecule has 124 valence electrons. The minimum Gasteiger partial charge on any atom is -0.393 e. The standard InChI is InChI=1S/C18H25N3OS/c1-10-2-7-14-13(8-10)18-15(16(18)23-14)19-9-20-17(18)21-11-3-5-12(22)6-4-11/h9-12,15-16,22H,2-8H2,1H3,(H,19,20,21). The molecule has 4 atom stereocenters. The highest BCUT2D eigenvalue weighted by Crippen LogP contribution is 2.72. The van der Waals surface area contributed by atoms with E-state index in [1.807, 2.05) is 6.34 Å². The fraction of sp³-hybridized carbons (Fsp3) is 0.778. The first-order valence-electron chi connectivity index (χ1n) is 9.13. The maximum Gasteiger partial charge on any atom is 0.116 e. The maximum atomic E-state index is 9.73. The van der Waals surface area contributed by atoms with E-state index < -0.39 is 0 Å². The summed E-state index contributed by atoms with van der Waals surface area (Å²) in [7, 11) is 0. The normalized spacial score (nSPS) is 49.5. The number of nitrogens with one attached hydrogen (secondary N) is 1. The SMILES string of the molecule is CC1CCC2=C(C1)C13C(=NC4CCC(O)CC4)NC=NC1C3S2. The molecule has 5 rings (SSSR count). The van der Waals surface area contributed by atoms with Crippen LogP contribution in [0.2, 0.25) is 0 Å². The molecule has 2 aliphatic heterocycles. The number of amidine groups is 1. The third-order valence-corrected chi connectivity index (χ3v) is 8.04. The van der Waals surface area contributed by atoms with Crippen LogP contribution in [0.25, 0.3) is 0 Å². The van der Waals surface area contributed by atoms with Gasteiger partial charge < -0.3 is 10.4 Å². The fourth-order valence-electron chi connectivity index (χ4n) is 5.05. The molecule has 5 aliphatic rings. The van der Waals surface area contributed by atoms with Crippen molar-refractivity contribution in [2.45, 2.75) is 75.3 Å². The molecule has 0 bridgehead atoms. The number of thioether (sulfide) groups is 1. The smallest absolute Gasteiger partial charge is 0.116 e. The summed E-state index contributed by atoms with van der Waals surface area (Å²) in [6, 6.07) is 0.796. The molecule has 2 heterocycles. The van der Waals surface area contributed by atoms with E-state index in [0.717, 1.165) is 31.6 Å². The largest absolute Gasteiger partial charge is 0.393 e. The van der Waals surface area contributed by atoms with Crippen molar-refractivity contribution in [3.05, 3.63) is 10.5 Å². The Hall–Kier alpha value is -0.810. The molecule has 0 radical (unpaired) electrons. The molecule has 4 nitrogen and oxygen atoms in total. The van der Waals surface area contributed by atoms with Crippen LogP contribution in [0.3, 0.4) is 0 Å². The molecule has 4 unspecified atom stereocenters. The lowest BCUT2D eigenvalue weighted by molar-refractivity contribution is 0.123. The Morgan fingerprint density at radius 1 is 1.30 bits per heavy atom. The molecule has 0 amide bonds. The van der Waals surface area contributed by atoms with Gasteiger partial charge in [-0.3, -0.25) is 9.98 Å². The van der Waals surface area contributed by atoms with Gasteiger partial charge in [0.15, 0.2) is 0 Å². The Labute approximate surface area is 141 Å². The van der Waals surface area contributed by atoms with Crippen molar-refractivity contribution >= 4 is 23.9 Å². The van der Waals surface area contributed by atoms with Gasteiger partial charge in [0, 0.05) is 0 Å². The van der Waals surface area contributed by atoms with Crippen LogP contribution in [0.1, 0.15) is 51.9 Å². The average molecular weight is 331 g/mol. The minimum atomic E-state index is -0.109. The monoisotopic (exact) mass is 331 g/mol. The van der Waals surface area contributed by atoms with Crippen molar-refractivity contribution in [1.82, 2.24) is 5.32 Å². The van der Waals surface area contributed by atoms with Gasteiger partial charge in [-0.25, -0.2) is 0 Å². The van der Waals surface area contributed by atoms with Crippen molar-refractivity contribution < 1.29 is 5.11 Å². The summed E-state index contributed by atoms with van der Waals surface area (Å²) < 4.78 is 0. The molecule has 2 N–H and O–H groups in total. The highest BCUT2D eigenvalue weighted by Gasteiger charge is 2.75. The second-order valence-corrected chi connectivity index (χ2v) is 9.20. The van der Waals surface area contributed by atoms with Gasteiger partial charge in [-0.05, 0) is 61.3 Å². The van der Waals surface area contributed by atoms with Crippen LogP contribution in [0, 0.1) is 11.3 Å². The number of hydrogen-bond acceptors (Lipinski definition) is 4. The van der Waals surface area contributed by atoms with Gasteiger partial charge in [-0.1, -0.05) is 6.92 Å². The summed E-state index contributed by atoms with van der Waals surface area (Å²) in [6.45, 7) is 2.38. The van der Waals surface area contributed by atoms with Gasteiger partial charge in [0.2, 0.25) is 0 Å². The number of aliphatic imine (C=N–C) groups is 2. The molecule has 3 aliphatic carbocycles. The van der Waals surface area contributed by atoms with E-state index in [2.05, 4.69) is 24.0 Å². The Morgan fingerprint density at radius 3 is 2.96 bits per heavy atom. The van der Waals surface area contributed by atoms with Crippen LogP contribution in [0.4, 0.5) is 0 Å². The highest BCUT2D eigenvalue weighted by molar-refractivity contribution is 8.04. The van der Waals surface area contributed by atoms with Gasteiger partial charge in [-0.2, -0.15) is 0 Å². The fourth-order valence-corrected chi connectivity index (χ4v) is 6.90. The molecule has 0 saturated heterocycles. The van der Waals surface area contributed by atoms with Crippen LogP contribution >= 0.6 is 11.8 Å². The first-order valence-corrected chi connectivity index (χ1v) is 10.0. The summed E-state index contributed by atoms with van der Waals surface area (Å²) in [4.78, 5) is 11.5. The first kappa shape index (κ1) is 14.5. The first-order chi connectivity index (χ1) is 11.2. The minimum absolute atomic E-state index is 0.109.